The molecule has 2 saturated heterocycles. The quantitative estimate of drug-likeness (QED) is 0.750. The van der Waals surface area contributed by atoms with Crippen LogP contribution in [0.1, 0.15) is 38.5 Å². The lowest BCUT2D eigenvalue weighted by atomic mass is 10.1. The molecule has 2 heterocycles. The first-order chi connectivity index (χ1) is 8.74. The third kappa shape index (κ3) is 2.41. The Hall–Kier alpha value is -0.610. The van der Waals surface area contributed by atoms with Crippen molar-refractivity contribution in [2.24, 2.45) is 11.7 Å². The molecule has 102 valence electrons. The molecule has 0 spiro atoms. The zero-order chi connectivity index (χ0) is 12.5. The molecule has 0 aromatic rings. The van der Waals surface area contributed by atoms with Crippen molar-refractivity contribution in [3.8, 4) is 0 Å². The Morgan fingerprint density at radius 3 is 2.67 bits per heavy atom. The van der Waals surface area contributed by atoms with Crippen LogP contribution in [0.4, 0.5) is 0 Å². The average molecular weight is 251 g/mol. The summed E-state index contributed by atoms with van der Waals surface area (Å²) in [5.41, 5.74) is 5.93. The standard InChI is InChI=1S/C14H25N3O/c15-12-5-4-11(9-12)14(18)17-8-2-7-16-6-1-3-13(16)10-17/h11-13H,1-10,15H2. The molecular weight excluding hydrogens is 226 g/mol. The lowest BCUT2D eigenvalue weighted by Gasteiger charge is -2.27. The number of rotatable bonds is 1. The van der Waals surface area contributed by atoms with Crippen LogP contribution < -0.4 is 5.73 Å². The maximum absolute atomic E-state index is 12.5. The maximum Gasteiger partial charge on any atom is 0.225 e. The Balaban J connectivity index is 1.62. The smallest absolute Gasteiger partial charge is 0.225 e. The van der Waals surface area contributed by atoms with Crippen molar-refractivity contribution in [3.63, 3.8) is 0 Å². The number of nitrogens with two attached hydrogens (primary N) is 1. The first kappa shape index (κ1) is 12.4. The largest absolute Gasteiger partial charge is 0.341 e. The van der Waals surface area contributed by atoms with Crippen molar-refractivity contribution >= 4 is 5.91 Å². The van der Waals surface area contributed by atoms with E-state index in [4.69, 9.17) is 5.73 Å². The van der Waals surface area contributed by atoms with E-state index in [1.165, 1.54) is 25.9 Å². The van der Waals surface area contributed by atoms with E-state index in [2.05, 4.69) is 9.80 Å². The van der Waals surface area contributed by atoms with Crippen LogP contribution in [0.25, 0.3) is 0 Å². The average Bonchev–Trinajstić information content (AvgIpc) is 2.93. The van der Waals surface area contributed by atoms with Gasteiger partial charge in [-0.2, -0.15) is 0 Å². The second-order valence-corrected chi connectivity index (χ2v) is 6.24. The molecule has 0 bridgehead atoms. The minimum Gasteiger partial charge on any atom is -0.341 e. The van der Waals surface area contributed by atoms with Gasteiger partial charge in [0.25, 0.3) is 0 Å². The summed E-state index contributed by atoms with van der Waals surface area (Å²) in [7, 11) is 0. The lowest BCUT2D eigenvalue weighted by molar-refractivity contribution is -0.135. The number of hydrogen-bond acceptors (Lipinski definition) is 3. The van der Waals surface area contributed by atoms with E-state index >= 15 is 0 Å². The minimum atomic E-state index is 0.216. The summed E-state index contributed by atoms with van der Waals surface area (Å²) in [4.78, 5) is 17.3. The molecule has 1 amide bonds. The molecule has 3 rings (SSSR count). The molecule has 4 heteroatoms. The van der Waals surface area contributed by atoms with E-state index in [9.17, 15) is 4.79 Å². The molecule has 3 unspecified atom stereocenters. The van der Waals surface area contributed by atoms with Crippen molar-refractivity contribution in [2.75, 3.05) is 26.2 Å². The molecule has 0 aromatic heterocycles. The monoisotopic (exact) mass is 251 g/mol. The van der Waals surface area contributed by atoms with Crippen molar-refractivity contribution in [3.05, 3.63) is 0 Å². The van der Waals surface area contributed by atoms with Crippen LogP contribution in [0, 0.1) is 5.92 Å². The summed E-state index contributed by atoms with van der Waals surface area (Å²) in [5.74, 6) is 0.602. The van der Waals surface area contributed by atoms with E-state index in [1.54, 1.807) is 0 Å². The highest BCUT2D eigenvalue weighted by Crippen LogP contribution is 2.28. The number of nitrogens with zero attached hydrogens (tertiary/aromatic N) is 2. The zero-order valence-electron chi connectivity index (χ0n) is 11.2. The topological polar surface area (TPSA) is 49.6 Å². The second-order valence-electron chi connectivity index (χ2n) is 6.24. The van der Waals surface area contributed by atoms with E-state index in [0.29, 0.717) is 11.9 Å². The van der Waals surface area contributed by atoms with Crippen LogP contribution in [0.2, 0.25) is 0 Å². The van der Waals surface area contributed by atoms with Gasteiger partial charge in [0.15, 0.2) is 0 Å². The fraction of sp³-hybridized carbons (Fsp3) is 0.929. The molecule has 4 nitrogen and oxygen atoms in total. The number of amides is 1. The van der Waals surface area contributed by atoms with Crippen molar-refractivity contribution in [2.45, 2.75) is 50.6 Å². The molecule has 0 aromatic carbocycles. The predicted octanol–water partition coefficient (Wildman–Crippen LogP) is 0.810. The van der Waals surface area contributed by atoms with Crippen LogP contribution in [0.15, 0.2) is 0 Å². The van der Waals surface area contributed by atoms with Gasteiger partial charge < -0.3 is 10.6 Å². The maximum atomic E-state index is 12.5. The van der Waals surface area contributed by atoms with Crippen LogP contribution in [-0.2, 0) is 4.79 Å². The highest BCUT2D eigenvalue weighted by molar-refractivity contribution is 5.79. The summed E-state index contributed by atoms with van der Waals surface area (Å²) in [6, 6.07) is 0.889. The molecular formula is C14H25N3O. The number of hydrogen-bond donors (Lipinski definition) is 1. The third-order valence-electron chi connectivity index (χ3n) is 4.94. The van der Waals surface area contributed by atoms with Gasteiger partial charge in [-0.3, -0.25) is 9.69 Å². The van der Waals surface area contributed by atoms with Crippen molar-refractivity contribution in [1.29, 1.82) is 0 Å². The summed E-state index contributed by atoms with van der Waals surface area (Å²) in [5, 5.41) is 0. The molecule has 0 radical (unpaired) electrons. The van der Waals surface area contributed by atoms with E-state index in [-0.39, 0.29) is 12.0 Å². The second kappa shape index (κ2) is 5.17. The van der Waals surface area contributed by atoms with Crippen LogP contribution in [-0.4, -0.2) is 54.0 Å². The van der Waals surface area contributed by atoms with Crippen LogP contribution in [0.3, 0.4) is 0 Å². The van der Waals surface area contributed by atoms with Crippen LogP contribution >= 0.6 is 0 Å². The zero-order valence-corrected chi connectivity index (χ0v) is 11.2. The van der Waals surface area contributed by atoms with Gasteiger partial charge in [-0.1, -0.05) is 0 Å². The summed E-state index contributed by atoms with van der Waals surface area (Å²) in [6.45, 7) is 4.34. The fourth-order valence-corrected chi connectivity index (χ4v) is 3.91. The Kier molecular flexibility index (Phi) is 3.57. The van der Waals surface area contributed by atoms with Crippen molar-refractivity contribution in [1.82, 2.24) is 9.80 Å². The van der Waals surface area contributed by atoms with Gasteiger partial charge in [-0.15, -0.1) is 0 Å². The van der Waals surface area contributed by atoms with Gasteiger partial charge >= 0.3 is 0 Å². The normalized spacial score (nSPS) is 37.6. The number of carbonyl (C=O) groups excluding carboxylic acids is 1. The Bertz CT molecular complexity index is 320. The molecule has 1 saturated carbocycles. The molecule has 3 fully saturated rings. The van der Waals surface area contributed by atoms with E-state index in [1.807, 2.05) is 0 Å². The lowest BCUT2D eigenvalue weighted by Crippen LogP contribution is -2.42. The third-order valence-corrected chi connectivity index (χ3v) is 4.94. The first-order valence-electron chi connectivity index (χ1n) is 7.52. The highest BCUT2D eigenvalue weighted by Gasteiger charge is 2.35. The number of carbonyl (C=O) groups is 1. The number of fused-ring (bicyclic) bond motifs is 1. The predicted molar refractivity (Wildman–Crippen MR) is 71.1 cm³/mol. The minimum absolute atomic E-state index is 0.216. The van der Waals surface area contributed by atoms with Crippen LogP contribution in [0.5, 0.6) is 0 Å². The molecule has 18 heavy (non-hydrogen) atoms. The molecule has 2 N–H and O–H groups in total. The van der Waals surface area contributed by atoms with Gasteiger partial charge in [-0.05, 0) is 45.1 Å². The van der Waals surface area contributed by atoms with Gasteiger partial charge in [0.05, 0.1) is 0 Å². The van der Waals surface area contributed by atoms with Gasteiger partial charge in [0.1, 0.15) is 0 Å². The van der Waals surface area contributed by atoms with Crippen molar-refractivity contribution < 1.29 is 4.79 Å². The highest BCUT2D eigenvalue weighted by atomic mass is 16.2. The molecule has 3 aliphatic rings. The molecule has 3 atom stereocenters. The van der Waals surface area contributed by atoms with Gasteiger partial charge in [0.2, 0.25) is 5.91 Å². The summed E-state index contributed by atoms with van der Waals surface area (Å²) < 4.78 is 0. The fourth-order valence-electron chi connectivity index (χ4n) is 3.91. The summed E-state index contributed by atoms with van der Waals surface area (Å²) in [6.07, 6.45) is 6.66. The van der Waals surface area contributed by atoms with Gasteiger partial charge in [-0.25, -0.2) is 0 Å². The Morgan fingerprint density at radius 1 is 1.06 bits per heavy atom. The first-order valence-corrected chi connectivity index (χ1v) is 7.52. The molecule has 1 aliphatic carbocycles. The Labute approximate surface area is 109 Å². The Morgan fingerprint density at radius 2 is 1.89 bits per heavy atom. The summed E-state index contributed by atoms with van der Waals surface area (Å²) >= 11 is 0. The van der Waals surface area contributed by atoms with E-state index < -0.39 is 0 Å². The SMILES string of the molecule is NC1CCC(C(=O)N2CCCN3CCCC3C2)C1. The molecule has 2 aliphatic heterocycles. The van der Waals surface area contributed by atoms with Gasteiger partial charge in [0, 0.05) is 37.6 Å². The van der Waals surface area contributed by atoms with E-state index in [0.717, 1.165) is 38.8 Å².